The number of carbonyl (C=O) groups is 4. The van der Waals surface area contributed by atoms with Gasteiger partial charge in [-0.25, -0.2) is 9.59 Å². The van der Waals surface area contributed by atoms with Crippen molar-refractivity contribution in [1.29, 1.82) is 0 Å². The third kappa shape index (κ3) is 6.16. The lowest BCUT2D eigenvalue weighted by Crippen LogP contribution is -2.46. The lowest BCUT2D eigenvalue weighted by Gasteiger charge is -2.30. The summed E-state index contributed by atoms with van der Waals surface area (Å²) in [6.45, 7) is 0.188. The van der Waals surface area contributed by atoms with Gasteiger partial charge in [-0.15, -0.1) is 0 Å². The number of carboxylic acid groups (broad SMARTS) is 3. The average Bonchev–Trinajstić information content (AvgIpc) is 2.79. The summed E-state index contributed by atoms with van der Waals surface area (Å²) in [5.74, 6) is -3.13. The number of hydrogen-bond acceptors (Lipinski definition) is 9. The molecule has 1 unspecified atom stereocenters. The van der Waals surface area contributed by atoms with Crippen molar-refractivity contribution < 1.29 is 34.5 Å². The molecule has 1 aliphatic heterocycles. The molecule has 0 aliphatic carbocycles. The van der Waals surface area contributed by atoms with Crippen molar-refractivity contribution in [3.8, 4) is 0 Å². The summed E-state index contributed by atoms with van der Waals surface area (Å²) in [4.78, 5) is 65.7. The first-order valence-electron chi connectivity index (χ1n) is 10.3. The van der Waals surface area contributed by atoms with Crippen LogP contribution in [0.5, 0.6) is 0 Å². The van der Waals surface area contributed by atoms with E-state index in [1.165, 1.54) is 24.3 Å². The molecular weight excluding hydrogens is 466 g/mol. The van der Waals surface area contributed by atoms with E-state index in [4.69, 9.17) is 10.8 Å². The van der Waals surface area contributed by atoms with E-state index in [9.17, 15) is 34.2 Å². The van der Waals surface area contributed by atoms with E-state index in [0.29, 0.717) is 0 Å². The van der Waals surface area contributed by atoms with Crippen LogP contribution in [0, 0.1) is 0 Å². The fourth-order valence-corrected chi connectivity index (χ4v) is 3.41. The number of benzene rings is 1. The maximum atomic E-state index is 12.4. The summed E-state index contributed by atoms with van der Waals surface area (Å²) in [5, 5.41) is 35.7. The number of anilines is 4. The average molecular weight is 489 g/mol. The number of hydrogen-bond donors (Lipinski definition) is 8. The number of nitrogens with one attached hydrogen (secondary N) is 4. The maximum absolute atomic E-state index is 12.4. The highest BCUT2D eigenvalue weighted by molar-refractivity contribution is 5.97. The molecule has 2 amide bonds. The molecule has 0 fully saturated rings. The van der Waals surface area contributed by atoms with Crippen molar-refractivity contribution in [2.75, 3.05) is 34.4 Å². The number of aliphatic carboxylic acids is 2. The third-order valence-electron chi connectivity index (χ3n) is 5.13. The van der Waals surface area contributed by atoms with Crippen molar-refractivity contribution in [2.24, 2.45) is 0 Å². The van der Waals surface area contributed by atoms with E-state index in [0.717, 1.165) is 4.90 Å². The van der Waals surface area contributed by atoms with Crippen molar-refractivity contribution >= 4 is 47.1 Å². The number of amides is 2. The van der Waals surface area contributed by atoms with E-state index in [1.54, 1.807) is 0 Å². The van der Waals surface area contributed by atoms with Gasteiger partial charge < -0.3 is 37.0 Å². The summed E-state index contributed by atoms with van der Waals surface area (Å²) in [6, 6.07) is 3.48. The molecule has 0 spiro atoms. The minimum atomic E-state index is -1.39. The van der Waals surface area contributed by atoms with Crippen LogP contribution in [0.2, 0.25) is 0 Å². The van der Waals surface area contributed by atoms with Gasteiger partial charge in [0.2, 0.25) is 5.95 Å². The maximum Gasteiger partial charge on any atom is 0.411 e. The van der Waals surface area contributed by atoms with Gasteiger partial charge in [-0.1, -0.05) is 0 Å². The quantitative estimate of drug-likeness (QED) is 0.228. The molecular formula is C20H23N7O8. The number of H-pyrrole nitrogens is 1. The second-order valence-electron chi connectivity index (χ2n) is 7.63. The zero-order chi connectivity index (χ0) is 25.7. The van der Waals surface area contributed by atoms with Gasteiger partial charge in [0, 0.05) is 24.2 Å². The molecule has 1 aromatic heterocycles. The van der Waals surface area contributed by atoms with Gasteiger partial charge in [0.05, 0.1) is 12.6 Å². The van der Waals surface area contributed by atoms with Crippen LogP contribution < -0.4 is 32.1 Å². The van der Waals surface area contributed by atoms with Gasteiger partial charge in [0.15, 0.2) is 5.82 Å². The minimum absolute atomic E-state index is 0.0576. The number of nitrogen functional groups attached to an aromatic ring is 1. The van der Waals surface area contributed by atoms with Crippen molar-refractivity contribution in [3.63, 3.8) is 0 Å². The Morgan fingerprint density at radius 1 is 1.17 bits per heavy atom. The molecule has 0 bridgehead atoms. The molecule has 2 aromatic rings. The lowest BCUT2D eigenvalue weighted by atomic mass is 10.1. The highest BCUT2D eigenvalue weighted by atomic mass is 16.4. The van der Waals surface area contributed by atoms with Crippen molar-refractivity contribution in [1.82, 2.24) is 15.3 Å². The summed E-state index contributed by atoms with van der Waals surface area (Å²) < 4.78 is 0. The standard InChI is InChI=1S/C20H23N7O8/c21-19-25-15-14(17(31)26-19)23-10(7-22-15)8-27(20(34)35)11-3-1-9(2-4-11)16(30)24-12(18(32)33)5-6-13(28)29/h1-4,10,12,23H,5-8H2,(H,24,30)(H,28,29)(H,32,33)(H,34,35)(H4,21,22,25,26,31)/t10?,12-/m0/s1. The molecule has 186 valence electrons. The van der Waals surface area contributed by atoms with Crippen LogP contribution in [-0.4, -0.2) is 74.4 Å². The van der Waals surface area contributed by atoms with Crippen LogP contribution >= 0.6 is 0 Å². The van der Waals surface area contributed by atoms with Crippen LogP contribution in [-0.2, 0) is 9.59 Å². The number of carboxylic acids is 2. The highest BCUT2D eigenvalue weighted by Gasteiger charge is 2.27. The Balaban J connectivity index is 1.69. The molecule has 15 nitrogen and oxygen atoms in total. The zero-order valence-corrected chi connectivity index (χ0v) is 18.1. The molecule has 35 heavy (non-hydrogen) atoms. The molecule has 2 heterocycles. The van der Waals surface area contributed by atoms with E-state index in [-0.39, 0.29) is 48.2 Å². The van der Waals surface area contributed by atoms with E-state index in [1.807, 2.05) is 0 Å². The Kier molecular flexibility index (Phi) is 7.38. The van der Waals surface area contributed by atoms with Gasteiger partial charge in [0.1, 0.15) is 11.7 Å². The Labute approximate surface area is 197 Å². The largest absolute Gasteiger partial charge is 0.481 e. The minimum Gasteiger partial charge on any atom is -0.481 e. The van der Waals surface area contributed by atoms with E-state index in [2.05, 4.69) is 25.9 Å². The Morgan fingerprint density at radius 3 is 2.46 bits per heavy atom. The first kappa shape index (κ1) is 24.8. The highest BCUT2D eigenvalue weighted by Crippen LogP contribution is 2.22. The molecule has 0 radical (unpaired) electrons. The number of nitrogens with two attached hydrogens (primary N) is 1. The van der Waals surface area contributed by atoms with Crippen molar-refractivity contribution in [3.05, 3.63) is 40.2 Å². The zero-order valence-electron chi connectivity index (χ0n) is 18.1. The normalized spacial score (nSPS) is 15.0. The Morgan fingerprint density at radius 2 is 1.86 bits per heavy atom. The second-order valence-corrected chi connectivity index (χ2v) is 7.63. The molecule has 1 aliphatic rings. The number of carbonyl (C=O) groups excluding carboxylic acids is 1. The summed E-state index contributed by atoms with van der Waals surface area (Å²) >= 11 is 0. The number of aromatic amines is 1. The number of fused-ring (bicyclic) bond motifs is 1. The van der Waals surface area contributed by atoms with E-state index >= 15 is 0 Å². The van der Waals surface area contributed by atoms with Gasteiger partial charge in [-0.05, 0) is 30.7 Å². The number of rotatable bonds is 9. The van der Waals surface area contributed by atoms with Crippen LogP contribution in [0.1, 0.15) is 23.2 Å². The monoisotopic (exact) mass is 489 g/mol. The van der Waals surface area contributed by atoms with Crippen LogP contribution in [0.15, 0.2) is 29.1 Å². The Bertz CT molecular complexity index is 1200. The van der Waals surface area contributed by atoms with E-state index < -0.39 is 48.0 Å². The second kappa shape index (κ2) is 10.4. The van der Waals surface area contributed by atoms with Crippen LogP contribution in [0.25, 0.3) is 0 Å². The van der Waals surface area contributed by atoms with Gasteiger partial charge in [-0.2, -0.15) is 4.98 Å². The molecule has 3 rings (SSSR count). The first-order chi connectivity index (χ1) is 16.5. The lowest BCUT2D eigenvalue weighted by molar-refractivity contribution is -0.140. The van der Waals surface area contributed by atoms with Gasteiger partial charge in [0.25, 0.3) is 11.5 Å². The smallest absolute Gasteiger partial charge is 0.411 e. The summed E-state index contributed by atoms with van der Waals surface area (Å²) in [7, 11) is 0. The molecule has 0 saturated heterocycles. The van der Waals surface area contributed by atoms with Crippen LogP contribution in [0.3, 0.4) is 0 Å². The summed E-state index contributed by atoms with van der Waals surface area (Å²) in [5.41, 5.74) is 5.42. The molecule has 9 N–H and O–H groups in total. The van der Waals surface area contributed by atoms with Gasteiger partial charge >= 0.3 is 18.0 Å². The van der Waals surface area contributed by atoms with Gasteiger partial charge in [-0.3, -0.25) is 24.3 Å². The molecule has 2 atom stereocenters. The fourth-order valence-electron chi connectivity index (χ4n) is 3.41. The Hall–Kier alpha value is -4.82. The molecule has 0 saturated carbocycles. The molecule has 1 aromatic carbocycles. The predicted molar refractivity (Wildman–Crippen MR) is 123 cm³/mol. The molecule has 15 heteroatoms. The SMILES string of the molecule is Nc1nc2c(c(=O)[nH]1)NC(CN(C(=O)O)c1ccc(C(=O)N[C@@H](CCC(=O)O)C(=O)O)cc1)CN2. The topological polar surface area (TPSA) is 240 Å². The third-order valence-corrected chi connectivity index (χ3v) is 5.13. The first-order valence-corrected chi connectivity index (χ1v) is 10.3. The fraction of sp³-hybridized carbons (Fsp3) is 0.300. The summed E-state index contributed by atoms with van der Waals surface area (Å²) in [6.07, 6.45) is -2.01. The van der Waals surface area contributed by atoms with Crippen LogP contribution in [0.4, 0.5) is 27.9 Å². The number of aromatic nitrogens is 2. The van der Waals surface area contributed by atoms with Crippen molar-refractivity contribution in [2.45, 2.75) is 24.9 Å². The predicted octanol–water partition coefficient (Wildman–Crippen LogP) is -0.209. The number of nitrogens with zero attached hydrogens (tertiary/aromatic N) is 2.